The molecule has 82 valence electrons. The maximum Gasteiger partial charge on any atom is 0.145 e. The Morgan fingerprint density at radius 1 is 1.21 bits per heavy atom. The molecule has 0 saturated carbocycles. The third-order valence-electron chi connectivity index (χ3n) is 3.31. The van der Waals surface area contributed by atoms with Gasteiger partial charge in [0.05, 0.1) is 19.8 Å². The molecular weight excluding hydrogens is 178 g/mol. The van der Waals surface area contributed by atoms with Crippen LogP contribution in [0.4, 0.5) is 0 Å². The minimum Gasteiger partial charge on any atom is -0.376 e. The van der Waals surface area contributed by atoms with Crippen molar-refractivity contribution in [2.75, 3.05) is 32.9 Å². The van der Waals surface area contributed by atoms with Gasteiger partial charge in [-0.2, -0.15) is 0 Å². The molecule has 1 atom stereocenters. The van der Waals surface area contributed by atoms with Crippen LogP contribution in [-0.2, 0) is 9.47 Å². The normalized spacial score (nSPS) is 33.2. The second kappa shape index (κ2) is 4.60. The van der Waals surface area contributed by atoms with Gasteiger partial charge in [-0.15, -0.1) is 0 Å². The molecule has 0 amide bonds. The topological polar surface area (TPSA) is 21.7 Å². The van der Waals surface area contributed by atoms with Crippen molar-refractivity contribution in [2.24, 2.45) is 0 Å². The number of fused-ring (bicyclic) bond motifs is 1. The molecule has 0 aromatic heterocycles. The van der Waals surface area contributed by atoms with Gasteiger partial charge in [0.25, 0.3) is 0 Å². The summed E-state index contributed by atoms with van der Waals surface area (Å²) < 4.78 is 11.4. The Morgan fingerprint density at radius 2 is 2.07 bits per heavy atom. The minimum absolute atomic E-state index is 0.0482. The van der Waals surface area contributed by atoms with Crippen molar-refractivity contribution >= 4 is 0 Å². The molecule has 2 fully saturated rings. The third kappa shape index (κ3) is 1.95. The zero-order valence-corrected chi connectivity index (χ0v) is 9.13. The summed E-state index contributed by atoms with van der Waals surface area (Å²) in [5.74, 6) is 0. The summed E-state index contributed by atoms with van der Waals surface area (Å²) in [4.78, 5) is 2.46. The lowest BCUT2D eigenvalue weighted by Crippen LogP contribution is -2.53. The van der Waals surface area contributed by atoms with Crippen molar-refractivity contribution in [1.82, 2.24) is 4.90 Å². The SMILES string of the molecule is CCCCCC12COCCN1CCO2. The van der Waals surface area contributed by atoms with Gasteiger partial charge in [-0.05, 0) is 12.8 Å². The Labute approximate surface area is 86.4 Å². The average molecular weight is 199 g/mol. The lowest BCUT2D eigenvalue weighted by Gasteiger charge is -2.40. The van der Waals surface area contributed by atoms with Gasteiger partial charge in [-0.1, -0.05) is 19.8 Å². The maximum atomic E-state index is 5.89. The van der Waals surface area contributed by atoms with Crippen LogP contribution >= 0.6 is 0 Å². The lowest BCUT2D eigenvalue weighted by molar-refractivity contribution is -0.170. The van der Waals surface area contributed by atoms with Crippen LogP contribution in [0.5, 0.6) is 0 Å². The van der Waals surface area contributed by atoms with Crippen LogP contribution in [0.1, 0.15) is 32.6 Å². The van der Waals surface area contributed by atoms with Crippen molar-refractivity contribution in [3.05, 3.63) is 0 Å². The van der Waals surface area contributed by atoms with Crippen LogP contribution in [0.3, 0.4) is 0 Å². The van der Waals surface area contributed by atoms with Crippen LogP contribution in [0.15, 0.2) is 0 Å². The average Bonchev–Trinajstić information content (AvgIpc) is 2.62. The van der Waals surface area contributed by atoms with Crippen molar-refractivity contribution in [1.29, 1.82) is 0 Å². The zero-order chi connectivity index (χ0) is 9.86. The first-order chi connectivity index (χ1) is 6.87. The first kappa shape index (κ1) is 10.4. The second-order valence-corrected chi connectivity index (χ2v) is 4.29. The number of rotatable bonds is 4. The molecule has 0 aliphatic carbocycles. The van der Waals surface area contributed by atoms with E-state index in [-0.39, 0.29) is 5.72 Å². The monoisotopic (exact) mass is 199 g/mol. The van der Waals surface area contributed by atoms with Crippen LogP contribution in [0.25, 0.3) is 0 Å². The number of unbranched alkanes of at least 4 members (excludes halogenated alkanes) is 2. The molecule has 2 aliphatic heterocycles. The van der Waals surface area contributed by atoms with E-state index in [4.69, 9.17) is 9.47 Å². The molecule has 2 rings (SSSR count). The standard InChI is InChI=1S/C11H21NO2/c1-2-3-4-5-11-10-13-8-6-12(11)7-9-14-11/h2-10H2,1H3. The summed E-state index contributed by atoms with van der Waals surface area (Å²) in [7, 11) is 0. The highest BCUT2D eigenvalue weighted by molar-refractivity contribution is 4.88. The maximum absolute atomic E-state index is 5.89. The van der Waals surface area contributed by atoms with Gasteiger partial charge in [0.15, 0.2) is 0 Å². The van der Waals surface area contributed by atoms with E-state index in [0.29, 0.717) is 0 Å². The molecule has 14 heavy (non-hydrogen) atoms. The van der Waals surface area contributed by atoms with Gasteiger partial charge in [-0.25, -0.2) is 0 Å². The molecule has 3 heteroatoms. The molecule has 0 radical (unpaired) electrons. The quantitative estimate of drug-likeness (QED) is 0.642. The fourth-order valence-corrected chi connectivity index (χ4v) is 2.45. The Balaban J connectivity index is 1.89. The zero-order valence-electron chi connectivity index (χ0n) is 9.13. The fraction of sp³-hybridized carbons (Fsp3) is 1.00. The number of ether oxygens (including phenoxy) is 2. The first-order valence-electron chi connectivity index (χ1n) is 5.84. The van der Waals surface area contributed by atoms with E-state index in [1.165, 1.54) is 19.3 Å². The van der Waals surface area contributed by atoms with Crippen molar-refractivity contribution in [3.8, 4) is 0 Å². The Bertz CT molecular complexity index is 186. The van der Waals surface area contributed by atoms with E-state index in [1.54, 1.807) is 0 Å². The molecule has 0 N–H and O–H groups in total. The molecular formula is C11H21NO2. The van der Waals surface area contributed by atoms with E-state index in [9.17, 15) is 0 Å². The van der Waals surface area contributed by atoms with Crippen molar-refractivity contribution < 1.29 is 9.47 Å². The summed E-state index contributed by atoms with van der Waals surface area (Å²) in [6.45, 7) is 6.91. The lowest BCUT2D eigenvalue weighted by atomic mass is 10.0. The Hall–Kier alpha value is -0.120. The Morgan fingerprint density at radius 3 is 2.93 bits per heavy atom. The van der Waals surface area contributed by atoms with Gasteiger partial charge < -0.3 is 9.47 Å². The third-order valence-corrected chi connectivity index (χ3v) is 3.31. The van der Waals surface area contributed by atoms with Gasteiger partial charge in [0, 0.05) is 13.1 Å². The molecule has 1 unspecified atom stereocenters. The fourth-order valence-electron chi connectivity index (χ4n) is 2.45. The highest BCUT2D eigenvalue weighted by atomic mass is 16.6. The van der Waals surface area contributed by atoms with Crippen molar-refractivity contribution in [3.63, 3.8) is 0 Å². The Kier molecular flexibility index (Phi) is 3.42. The summed E-state index contributed by atoms with van der Waals surface area (Å²) in [6, 6.07) is 0. The second-order valence-electron chi connectivity index (χ2n) is 4.29. The molecule has 0 spiro atoms. The summed E-state index contributed by atoms with van der Waals surface area (Å²) >= 11 is 0. The minimum atomic E-state index is -0.0482. The first-order valence-corrected chi connectivity index (χ1v) is 5.84. The van der Waals surface area contributed by atoms with Crippen LogP contribution in [0.2, 0.25) is 0 Å². The number of morpholine rings is 1. The molecule has 3 nitrogen and oxygen atoms in total. The summed E-state index contributed by atoms with van der Waals surface area (Å²) in [6.07, 6.45) is 4.98. The number of hydrogen-bond donors (Lipinski definition) is 0. The van der Waals surface area contributed by atoms with E-state index in [1.807, 2.05) is 0 Å². The van der Waals surface area contributed by atoms with Gasteiger partial charge in [-0.3, -0.25) is 4.90 Å². The van der Waals surface area contributed by atoms with E-state index in [0.717, 1.165) is 39.3 Å². The predicted molar refractivity (Wildman–Crippen MR) is 55.2 cm³/mol. The van der Waals surface area contributed by atoms with Gasteiger partial charge in [0.2, 0.25) is 0 Å². The van der Waals surface area contributed by atoms with E-state index in [2.05, 4.69) is 11.8 Å². The van der Waals surface area contributed by atoms with E-state index >= 15 is 0 Å². The molecule has 2 saturated heterocycles. The summed E-state index contributed by atoms with van der Waals surface area (Å²) in [5, 5.41) is 0. The molecule has 0 aromatic carbocycles. The number of hydrogen-bond acceptors (Lipinski definition) is 3. The molecule has 0 aromatic rings. The van der Waals surface area contributed by atoms with Crippen molar-refractivity contribution in [2.45, 2.75) is 38.3 Å². The van der Waals surface area contributed by atoms with Crippen LogP contribution in [-0.4, -0.2) is 43.5 Å². The van der Waals surface area contributed by atoms with Crippen LogP contribution in [0, 0.1) is 0 Å². The highest BCUT2D eigenvalue weighted by Gasteiger charge is 2.43. The highest BCUT2D eigenvalue weighted by Crippen LogP contribution is 2.31. The molecule has 2 aliphatic rings. The van der Waals surface area contributed by atoms with E-state index < -0.39 is 0 Å². The van der Waals surface area contributed by atoms with Crippen LogP contribution < -0.4 is 0 Å². The predicted octanol–water partition coefficient (Wildman–Crippen LogP) is 1.63. The summed E-state index contributed by atoms with van der Waals surface area (Å²) in [5.41, 5.74) is -0.0482. The molecule has 2 heterocycles. The smallest absolute Gasteiger partial charge is 0.145 e. The van der Waals surface area contributed by atoms with Gasteiger partial charge >= 0.3 is 0 Å². The van der Waals surface area contributed by atoms with Gasteiger partial charge in [0.1, 0.15) is 5.72 Å². The molecule has 0 bridgehead atoms. The number of nitrogens with zero attached hydrogens (tertiary/aromatic N) is 1. The largest absolute Gasteiger partial charge is 0.376 e.